The van der Waals surface area contributed by atoms with Crippen LogP contribution in [0.3, 0.4) is 0 Å². The molecule has 1 rings (SSSR count). The Bertz CT molecular complexity index is 299. The molecular formula is C11H16BrNO. The molecule has 0 heterocycles. The molecule has 0 saturated carbocycles. The first-order valence-corrected chi connectivity index (χ1v) is 5.59. The molecule has 2 nitrogen and oxygen atoms in total. The topological polar surface area (TPSA) is 35.2 Å². The molecule has 1 aromatic rings. The number of nitrogens with two attached hydrogens (primary N) is 1. The third kappa shape index (κ3) is 3.31. The highest BCUT2D eigenvalue weighted by atomic mass is 79.9. The van der Waals surface area contributed by atoms with E-state index in [4.69, 9.17) is 10.5 Å². The molecule has 78 valence electrons. The highest BCUT2D eigenvalue weighted by molar-refractivity contribution is 9.10. The second-order valence-electron chi connectivity index (χ2n) is 3.37. The van der Waals surface area contributed by atoms with Gasteiger partial charge in [0.05, 0.1) is 6.61 Å². The predicted molar refractivity (Wildman–Crippen MR) is 62.7 cm³/mol. The molecule has 0 radical (unpaired) electrons. The van der Waals surface area contributed by atoms with E-state index in [1.165, 1.54) is 0 Å². The van der Waals surface area contributed by atoms with Crippen molar-refractivity contribution in [3.05, 3.63) is 28.2 Å². The molecule has 0 bridgehead atoms. The lowest BCUT2D eigenvalue weighted by atomic mass is 10.1. The van der Waals surface area contributed by atoms with Crippen molar-refractivity contribution in [3.63, 3.8) is 0 Å². The monoisotopic (exact) mass is 257 g/mol. The van der Waals surface area contributed by atoms with Gasteiger partial charge in [-0.25, -0.2) is 0 Å². The smallest absolute Gasteiger partial charge is 0.122 e. The van der Waals surface area contributed by atoms with Crippen molar-refractivity contribution in [2.24, 2.45) is 5.73 Å². The normalized spacial score (nSPS) is 12.6. The fourth-order valence-corrected chi connectivity index (χ4v) is 1.76. The van der Waals surface area contributed by atoms with Gasteiger partial charge in [0.2, 0.25) is 0 Å². The third-order valence-electron chi connectivity index (χ3n) is 1.86. The lowest BCUT2D eigenvalue weighted by Crippen LogP contribution is -2.18. The number of ether oxygens (including phenoxy) is 1. The largest absolute Gasteiger partial charge is 0.494 e. The number of hydrogen-bond acceptors (Lipinski definition) is 2. The van der Waals surface area contributed by atoms with Crippen molar-refractivity contribution >= 4 is 15.9 Å². The lowest BCUT2D eigenvalue weighted by molar-refractivity contribution is 0.336. The summed E-state index contributed by atoms with van der Waals surface area (Å²) in [5, 5.41) is 0. The van der Waals surface area contributed by atoms with Gasteiger partial charge in [-0.2, -0.15) is 0 Å². The van der Waals surface area contributed by atoms with Gasteiger partial charge < -0.3 is 10.5 Å². The van der Waals surface area contributed by atoms with Crippen molar-refractivity contribution in [3.8, 4) is 5.75 Å². The Morgan fingerprint density at radius 3 is 2.79 bits per heavy atom. The molecule has 3 heteroatoms. The van der Waals surface area contributed by atoms with E-state index in [-0.39, 0.29) is 6.04 Å². The number of hydrogen-bond donors (Lipinski definition) is 1. The molecule has 0 aliphatic heterocycles. The predicted octanol–water partition coefficient (Wildman–Crippen LogP) is 2.74. The van der Waals surface area contributed by atoms with Crippen molar-refractivity contribution in [2.75, 3.05) is 6.61 Å². The quantitative estimate of drug-likeness (QED) is 0.901. The third-order valence-corrected chi connectivity index (χ3v) is 2.36. The van der Waals surface area contributed by atoms with Crippen LogP contribution in [0.1, 0.15) is 19.4 Å². The summed E-state index contributed by atoms with van der Waals surface area (Å²) in [6.45, 7) is 4.67. The van der Waals surface area contributed by atoms with Gasteiger partial charge in [-0.1, -0.05) is 15.9 Å². The van der Waals surface area contributed by atoms with E-state index in [1.807, 2.05) is 26.0 Å². The minimum atomic E-state index is 0.156. The summed E-state index contributed by atoms with van der Waals surface area (Å²) in [4.78, 5) is 0. The van der Waals surface area contributed by atoms with Crippen molar-refractivity contribution in [2.45, 2.75) is 26.3 Å². The maximum absolute atomic E-state index is 5.77. The van der Waals surface area contributed by atoms with Crippen LogP contribution in [0.25, 0.3) is 0 Å². The van der Waals surface area contributed by atoms with Crippen LogP contribution in [-0.2, 0) is 6.42 Å². The van der Waals surface area contributed by atoms with E-state index in [2.05, 4.69) is 22.0 Å². The Morgan fingerprint density at radius 1 is 1.50 bits per heavy atom. The van der Waals surface area contributed by atoms with Gasteiger partial charge in [-0.3, -0.25) is 0 Å². The van der Waals surface area contributed by atoms with Gasteiger partial charge in [0.1, 0.15) is 5.75 Å². The molecule has 1 atom stereocenters. The molecule has 0 aromatic heterocycles. The number of rotatable bonds is 4. The van der Waals surface area contributed by atoms with E-state index >= 15 is 0 Å². The van der Waals surface area contributed by atoms with Crippen LogP contribution in [0.5, 0.6) is 5.75 Å². The van der Waals surface area contributed by atoms with Crippen LogP contribution in [0.15, 0.2) is 22.7 Å². The van der Waals surface area contributed by atoms with Crippen LogP contribution < -0.4 is 10.5 Å². The summed E-state index contributed by atoms with van der Waals surface area (Å²) in [6, 6.07) is 6.18. The molecule has 0 aliphatic carbocycles. The maximum Gasteiger partial charge on any atom is 0.122 e. The Kier molecular flexibility index (Phi) is 4.42. The Morgan fingerprint density at radius 2 is 2.21 bits per heavy atom. The molecule has 0 amide bonds. The van der Waals surface area contributed by atoms with Crippen LogP contribution in [-0.4, -0.2) is 12.6 Å². The highest BCUT2D eigenvalue weighted by Gasteiger charge is 2.06. The fourth-order valence-electron chi connectivity index (χ4n) is 1.35. The fraction of sp³-hybridized carbons (Fsp3) is 0.455. The van der Waals surface area contributed by atoms with Gasteiger partial charge in [-0.05, 0) is 44.0 Å². The molecule has 14 heavy (non-hydrogen) atoms. The van der Waals surface area contributed by atoms with Crippen LogP contribution in [0.2, 0.25) is 0 Å². The Hall–Kier alpha value is -0.540. The SMILES string of the molecule is CCOc1ccc(Br)cc1CC(C)N. The van der Waals surface area contributed by atoms with Crippen LogP contribution >= 0.6 is 15.9 Å². The molecule has 0 aliphatic rings. The first-order chi connectivity index (χ1) is 6.63. The molecule has 1 aromatic carbocycles. The van der Waals surface area contributed by atoms with Gasteiger partial charge in [0.15, 0.2) is 0 Å². The molecular weight excluding hydrogens is 242 g/mol. The van der Waals surface area contributed by atoms with E-state index in [0.29, 0.717) is 6.61 Å². The zero-order valence-electron chi connectivity index (χ0n) is 8.59. The summed E-state index contributed by atoms with van der Waals surface area (Å²) in [5.41, 5.74) is 6.93. The number of benzene rings is 1. The minimum Gasteiger partial charge on any atom is -0.494 e. The highest BCUT2D eigenvalue weighted by Crippen LogP contribution is 2.24. The van der Waals surface area contributed by atoms with E-state index in [9.17, 15) is 0 Å². The summed E-state index contributed by atoms with van der Waals surface area (Å²) in [6.07, 6.45) is 0.842. The zero-order valence-corrected chi connectivity index (χ0v) is 10.2. The first kappa shape index (κ1) is 11.5. The molecule has 2 N–H and O–H groups in total. The average molecular weight is 258 g/mol. The first-order valence-electron chi connectivity index (χ1n) is 4.80. The summed E-state index contributed by atoms with van der Waals surface area (Å²) < 4.78 is 6.58. The molecule has 0 fully saturated rings. The lowest BCUT2D eigenvalue weighted by Gasteiger charge is -2.12. The Balaban J connectivity index is 2.90. The molecule has 1 unspecified atom stereocenters. The van der Waals surface area contributed by atoms with Crippen molar-refractivity contribution in [1.29, 1.82) is 0 Å². The average Bonchev–Trinajstić information content (AvgIpc) is 2.09. The van der Waals surface area contributed by atoms with Gasteiger partial charge in [0, 0.05) is 10.5 Å². The van der Waals surface area contributed by atoms with E-state index in [1.54, 1.807) is 0 Å². The summed E-state index contributed by atoms with van der Waals surface area (Å²) in [5.74, 6) is 0.938. The standard InChI is InChI=1S/C11H16BrNO/c1-3-14-11-5-4-10(12)7-9(11)6-8(2)13/h4-5,7-8H,3,6,13H2,1-2H3. The summed E-state index contributed by atoms with van der Waals surface area (Å²) >= 11 is 3.44. The van der Waals surface area contributed by atoms with Crippen LogP contribution in [0.4, 0.5) is 0 Å². The molecule has 0 spiro atoms. The zero-order chi connectivity index (χ0) is 10.6. The Labute approximate surface area is 93.6 Å². The van der Waals surface area contributed by atoms with Gasteiger partial charge in [0.25, 0.3) is 0 Å². The van der Waals surface area contributed by atoms with Gasteiger partial charge >= 0.3 is 0 Å². The number of halogens is 1. The van der Waals surface area contributed by atoms with E-state index in [0.717, 1.165) is 22.2 Å². The molecule has 0 saturated heterocycles. The summed E-state index contributed by atoms with van der Waals surface area (Å²) in [7, 11) is 0. The second kappa shape index (κ2) is 5.37. The van der Waals surface area contributed by atoms with Gasteiger partial charge in [-0.15, -0.1) is 0 Å². The van der Waals surface area contributed by atoms with E-state index < -0.39 is 0 Å². The second-order valence-corrected chi connectivity index (χ2v) is 4.28. The van der Waals surface area contributed by atoms with Crippen LogP contribution in [0, 0.1) is 0 Å². The van der Waals surface area contributed by atoms with Crippen molar-refractivity contribution in [1.82, 2.24) is 0 Å². The maximum atomic E-state index is 5.77. The van der Waals surface area contributed by atoms with Crippen molar-refractivity contribution < 1.29 is 4.74 Å². The minimum absolute atomic E-state index is 0.156.